The van der Waals surface area contributed by atoms with Crippen LogP contribution in [-0.4, -0.2) is 24.8 Å². The van der Waals surface area contributed by atoms with Crippen molar-refractivity contribution in [1.82, 2.24) is 0 Å². The topological polar surface area (TPSA) is 55.8 Å². The third-order valence-corrected chi connectivity index (χ3v) is 4.91. The van der Waals surface area contributed by atoms with Crippen LogP contribution in [0.5, 0.6) is 11.5 Å². The number of hydrogen-bond donors (Lipinski definition) is 1. The molecule has 0 fully saturated rings. The standard InChI is InChI=1S/C22H20O4S/c1-25-20-15-17(14-18(22(23)24)21-8-5-13-27-21)9-10-19(20)26-12-11-16-6-3-2-4-7-16/h2-10,13-15H,11-12H2,1H3,(H,23,24)/b18-14+. The molecule has 0 radical (unpaired) electrons. The quantitative estimate of drug-likeness (QED) is 0.559. The minimum absolute atomic E-state index is 0.254. The molecule has 3 aromatic rings. The maximum Gasteiger partial charge on any atom is 0.337 e. The number of benzene rings is 2. The average Bonchev–Trinajstić information content (AvgIpc) is 3.21. The van der Waals surface area contributed by atoms with Crippen molar-refractivity contribution >= 4 is 29.0 Å². The summed E-state index contributed by atoms with van der Waals surface area (Å²) < 4.78 is 11.3. The molecule has 1 heterocycles. The van der Waals surface area contributed by atoms with E-state index in [-0.39, 0.29) is 5.57 Å². The average molecular weight is 380 g/mol. The van der Waals surface area contributed by atoms with E-state index in [4.69, 9.17) is 9.47 Å². The maximum atomic E-state index is 11.6. The van der Waals surface area contributed by atoms with E-state index in [0.717, 1.165) is 12.0 Å². The van der Waals surface area contributed by atoms with Crippen LogP contribution in [-0.2, 0) is 11.2 Å². The van der Waals surface area contributed by atoms with Crippen molar-refractivity contribution < 1.29 is 19.4 Å². The molecule has 0 spiro atoms. The lowest BCUT2D eigenvalue weighted by molar-refractivity contribution is -0.130. The van der Waals surface area contributed by atoms with Gasteiger partial charge in [-0.15, -0.1) is 11.3 Å². The molecule has 0 aliphatic carbocycles. The molecule has 0 atom stereocenters. The number of methoxy groups -OCH3 is 1. The SMILES string of the molecule is COc1cc(/C=C(/C(=O)O)c2cccs2)ccc1OCCc1ccccc1. The van der Waals surface area contributed by atoms with Crippen LogP contribution < -0.4 is 9.47 Å². The highest BCUT2D eigenvalue weighted by Crippen LogP contribution is 2.31. The molecule has 27 heavy (non-hydrogen) atoms. The van der Waals surface area contributed by atoms with E-state index in [1.165, 1.54) is 16.9 Å². The van der Waals surface area contributed by atoms with Crippen molar-refractivity contribution in [2.75, 3.05) is 13.7 Å². The zero-order valence-electron chi connectivity index (χ0n) is 14.9. The lowest BCUT2D eigenvalue weighted by Crippen LogP contribution is -2.03. The highest BCUT2D eigenvalue weighted by molar-refractivity contribution is 7.11. The van der Waals surface area contributed by atoms with Gasteiger partial charge in [-0.05, 0) is 40.8 Å². The van der Waals surface area contributed by atoms with Gasteiger partial charge in [0.1, 0.15) is 0 Å². The van der Waals surface area contributed by atoms with E-state index >= 15 is 0 Å². The number of hydrogen-bond acceptors (Lipinski definition) is 4. The first-order chi connectivity index (χ1) is 13.2. The molecule has 138 valence electrons. The fourth-order valence-electron chi connectivity index (χ4n) is 2.65. The van der Waals surface area contributed by atoms with Gasteiger partial charge in [-0.1, -0.05) is 42.5 Å². The zero-order valence-corrected chi connectivity index (χ0v) is 15.7. The summed E-state index contributed by atoms with van der Waals surface area (Å²) in [6.45, 7) is 0.533. The number of rotatable bonds is 8. The predicted molar refractivity (Wildman–Crippen MR) is 108 cm³/mol. The molecule has 2 aromatic carbocycles. The lowest BCUT2D eigenvalue weighted by Gasteiger charge is -2.12. The Morgan fingerprint density at radius 2 is 1.89 bits per heavy atom. The van der Waals surface area contributed by atoms with Crippen LogP contribution in [0.2, 0.25) is 0 Å². The largest absolute Gasteiger partial charge is 0.493 e. The summed E-state index contributed by atoms with van der Waals surface area (Å²) >= 11 is 1.40. The number of thiophene rings is 1. The van der Waals surface area contributed by atoms with Gasteiger partial charge in [0.25, 0.3) is 0 Å². The summed E-state index contributed by atoms with van der Waals surface area (Å²) in [5, 5.41) is 11.4. The molecule has 4 nitrogen and oxygen atoms in total. The van der Waals surface area contributed by atoms with Crippen molar-refractivity contribution in [2.45, 2.75) is 6.42 Å². The van der Waals surface area contributed by atoms with Crippen molar-refractivity contribution in [2.24, 2.45) is 0 Å². The van der Waals surface area contributed by atoms with Crippen molar-refractivity contribution in [1.29, 1.82) is 0 Å². The number of ether oxygens (including phenoxy) is 2. The van der Waals surface area contributed by atoms with E-state index < -0.39 is 5.97 Å². The molecule has 0 aliphatic heterocycles. The summed E-state index contributed by atoms with van der Waals surface area (Å²) in [4.78, 5) is 12.3. The Labute approximate surface area is 162 Å². The summed E-state index contributed by atoms with van der Waals surface area (Å²) in [6, 6.07) is 19.2. The molecule has 0 saturated heterocycles. The van der Waals surface area contributed by atoms with Gasteiger partial charge in [0.15, 0.2) is 11.5 Å². The molecule has 1 N–H and O–H groups in total. The van der Waals surface area contributed by atoms with Crippen molar-refractivity contribution in [3.05, 3.63) is 82.0 Å². The highest BCUT2D eigenvalue weighted by Gasteiger charge is 2.12. The van der Waals surface area contributed by atoms with Crippen LogP contribution >= 0.6 is 11.3 Å². The van der Waals surface area contributed by atoms with Gasteiger partial charge in [-0.3, -0.25) is 0 Å². The predicted octanol–water partition coefficient (Wildman–Crippen LogP) is 5.00. The van der Waals surface area contributed by atoms with Crippen molar-refractivity contribution in [3.63, 3.8) is 0 Å². The third-order valence-electron chi connectivity index (χ3n) is 4.01. The zero-order chi connectivity index (χ0) is 19.1. The molecule has 0 bridgehead atoms. The number of carboxylic acid groups (broad SMARTS) is 1. The molecule has 3 rings (SSSR count). The van der Waals surface area contributed by atoms with Crippen LogP contribution in [0.1, 0.15) is 16.0 Å². The summed E-state index contributed by atoms with van der Waals surface area (Å²) in [6.07, 6.45) is 2.44. The first-order valence-corrected chi connectivity index (χ1v) is 9.39. The van der Waals surface area contributed by atoms with Crippen LogP contribution in [0.25, 0.3) is 11.6 Å². The first-order valence-electron chi connectivity index (χ1n) is 8.51. The Morgan fingerprint density at radius 1 is 1.07 bits per heavy atom. The Hall–Kier alpha value is -3.05. The summed E-state index contributed by atoms with van der Waals surface area (Å²) in [5.41, 5.74) is 2.20. The Kier molecular flexibility index (Phi) is 6.28. The monoisotopic (exact) mass is 380 g/mol. The molecule has 1 aromatic heterocycles. The van der Waals surface area contributed by atoms with Crippen LogP contribution in [0.3, 0.4) is 0 Å². The van der Waals surface area contributed by atoms with Gasteiger partial charge in [0.2, 0.25) is 0 Å². The number of carboxylic acids is 1. The summed E-state index contributed by atoms with van der Waals surface area (Å²) in [7, 11) is 1.57. The number of aliphatic carboxylic acids is 1. The fraction of sp³-hybridized carbons (Fsp3) is 0.136. The second kappa shape index (κ2) is 9.05. The minimum Gasteiger partial charge on any atom is -0.493 e. The van der Waals surface area contributed by atoms with Gasteiger partial charge in [0.05, 0.1) is 19.3 Å². The Bertz CT molecular complexity index is 915. The van der Waals surface area contributed by atoms with E-state index in [1.807, 2.05) is 41.8 Å². The van der Waals surface area contributed by atoms with Gasteiger partial charge in [-0.2, -0.15) is 0 Å². The fourth-order valence-corrected chi connectivity index (χ4v) is 3.39. The van der Waals surface area contributed by atoms with E-state index in [1.54, 1.807) is 25.3 Å². The van der Waals surface area contributed by atoms with Crippen LogP contribution in [0.4, 0.5) is 0 Å². The summed E-state index contributed by atoms with van der Waals surface area (Å²) in [5.74, 6) is 0.255. The normalized spacial score (nSPS) is 11.2. The smallest absolute Gasteiger partial charge is 0.337 e. The molecule has 0 amide bonds. The molecular weight excluding hydrogens is 360 g/mol. The van der Waals surface area contributed by atoms with E-state index in [0.29, 0.717) is 23.0 Å². The lowest BCUT2D eigenvalue weighted by atomic mass is 10.1. The molecule has 0 aliphatic rings. The van der Waals surface area contributed by atoms with Gasteiger partial charge in [-0.25, -0.2) is 4.79 Å². The van der Waals surface area contributed by atoms with E-state index in [9.17, 15) is 9.90 Å². The van der Waals surface area contributed by atoms with E-state index in [2.05, 4.69) is 12.1 Å². The van der Waals surface area contributed by atoms with Gasteiger partial charge < -0.3 is 14.6 Å². The van der Waals surface area contributed by atoms with Crippen LogP contribution in [0.15, 0.2) is 66.0 Å². The third kappa shape index (κ3) is 4.99. The molecular formula is C22H20O4S. The highest BCUT2D eigenvalue weighted by atomic mass is 32.1. The van der Waals surface area contributed by atoms with Crippen molar-refractivity contribution in [3.8, 4) is 11.5 Å². The Balaban J connectivity index is 1.75. The molecule has 0 saturated carbocycles. The van der Waals surface area contributed by atoms with Gasteiger partial charge >= 0.3 is 5.97 Å². The Morgan fingerprint density at radius 3 is 2.56 bits per heavy atom. The number of carbonyl (C=O) groups is 1. The van der Waals surface area contributed by atoms with Gasteiger partial charge in [0, 0.05) is 11.3 Å². The first kappa shape index (κ1) is 18.7. The molecule has 5 heteroatoms. The maximum absolute atomic E-state index is 11.6. The van der Waals surface area contributed by atoms with Crippen LogP contribution in [0, 0.1) is 0 Å². The second-order valence-corrected chi connectivity index (χ2v) is 6.78. The second-order valence-electron chi connectivity index (χ2n) is 5.83. The minimum atomic E-state index is -0.959. The molecule has 0 unspecified atom stereocenters.